The number of piperazine rings is 1. The fraction of sp³-hybridized carbons (Fsp3) is 0.381. The topological polar surface area (TPSA) is 49.6 Å². The van der Waals surface area contributed by atoms with Gasteiger partial charge in [0, 0.05) is 36.9 Å². The zero-order chi connectivity index (χ0) is 18.8. The number of halogens is 1. The van der Waals surface area contributed by atoms with Crippen LogP contribution < -0.4 is 5.73 Å². The Hall–Kier alpha value is -2.04. The van der Waals surface area contributed by atoms with Crippen molar-refractivity contribution in [2.75, 3.05) is 18.8 Å². The van der Waals surface area contributed by atoms with Gasteiger partial charge >= 0.3 is 0 Å². The highest BCUT2D eigenvalue weighted by Crippen LogP contribution is 2.29. The Balaban J connectivity index is 1.77. The maximum Gasteiger partial charge on any atom is 0.255 e. The van der Waals surface area contributed by atoms with Crippen molar-refractivity contribution >= 4 is 23.2 Å². The molecule has 2 N–H and O–H groups in total. The molecule has 3 atom stereocenters. The Morgan fingerprint density at radius 1 is 1.12 bits per heavy atom. The van der Waals surface area contributed by atoms with Gasteiger partial charge in [0.25, 0.3) is 5.91 Å². The third-order valence-corrected chi connectivity index (χ3v) is 5.61. The van der Waals surface area contributed by atoms with E-state index in [1.165, 1.54) is 5.56 Å². The summed E-state index contributed by atoms with van der Waals surface area (Å²) in [6.45, 7) is 8.01. The molecule has 138 valence electrons. The van der Waals surface area contributed by atoms with Crippen molar-refractivity contribution in [3.8, 4) is 0 Å². The van der Waals surface area contributed by atoms with Crippen LogP contribution >= 0.6 is 11.6 Å². The lowest BCUT2D eigenvalue weighted by Crippen LogP contribution is -2.58. The summed E-state index contributed by atoms with van der Waals surface area (Å²) in [5.74, 6) is -0.0265. The Morgan fingerprint density at radius 3 is 2.46 bits per heavy atom. The van der Waals surface area contributed by atoms with Crippen molar-refractivity contribution < 1.29 is 4.79 Å². The quantitative estimate of drug-likeness (QED) is 0.822. The molecule has 2 aromatic carbocycles. The third-order valence-electron chi connectivity index (χ3n) is 5.30. The molecule has 1 amide bonds. The van der Waals surface area contributed by atoms with Gasteiger partial charge in [0.2, 0.25) is 0 Å². The molecule has 2 aromatic rings. The molecule has 1 aliphatic heterocycles. The largest absolute Gasteiger partial charge is 0.399 e. The lowest BCUT2D eigenvalue weighted by atomic mass is 10.00. The monoisotopic (exact) mass is 371 g/mol. The summed E-state index contributed by atoms with van der Waals surface area (Å²) in [4.78, 5) is 17.4. The lowest BCUT2D eigenvalue weighted by molar-refractivity contribution is 0.0174. The van der Waals surface area contributed by atoms with Gasteiger partial charge in [-0.2, -0.15) is 0 Å². The van der Waals surface area contributed by atoms with Gasteiger partial charge in [-0.1, -0.05) is 41.9 Å². The van der Waals surface area contributed by atoms with Gasteiger partial charge in [-0.15, -0.1) is 0 Å². The van der Waals surface area contributed by atoms with Crippen LogP contribution in [-0.4, -0.2) is 40.9 Å². The summed E-state index contributed by atoms with van der Waals surface area (Å²) >= 11 is 6.25. The van der Waals surface area contributed by atoms with Crippen molar-refractivity contribution in [2.24, 2.45) is 0 Å². The van der Waals surface area contributed by atoms with E-state index < -0.39 is 0 Å². The summed E-state index contributed by atoms with van der Waals surface area (Å²) in [6, 6.07) is 16.3. The number of anilines is 1. The fourth-order valence-corrected chi connectivity index (χ4v) is 4.03. The van der Waals surface area contributed by atoms with Crippen LogP contribution in [-0.2, 0) is 0 Å². The minimum atomic E-state index is -0.0265. The lowest BCUT2D eigenvalue weighted by Gasteiger charge is -2.46. The minimum Gasteiger partial charge on any atom is -0.399 e. The average molecular weight is 372 g/mol. The van der Waals surface area contributed by atoms with Crippen molar-refractivity contribution in [2.45, 2.75) is 38.9 Å². The number of benzene rings is 2. The molecule has 0 spiro atoms. The van der Waals surface area contributed by atoms with Gasteiger partial charge in [-0.25, -0.2) is 0 Å². The zero-order valence-corrected chi connectivity index (χ0v) is 16.3. The Bertz CT molecular complexity index is 780. The molecule has 0 aliphatic carbocycles. The molecule has 5 heteroatoms. The van der Waals surface area contributed by atoms with Crippen LogP contribution in [0.5, 0.6) is 0 Å². The van der Waals surface area contributed by atoms with E-state index in [1.54, 1.807) is 18.2 Å². The molecular formula is C21H26ClN3O. The molecule has 1 fully saturated rings. The fourth-order valence-electron chi connectivity index (χ4n) is 3.76. The molecule has 1 saturated heterocycles. The van der Waals surface area contributed by atoms with E-state index >= 15 is 0 Å². The van der Waals surface area contributed by atoms with Gasteiger partial charge < -0.3 is 10.6 Å². The summed E-state index contributed by atoms with van der Waals surface area (Å²) in [7, 11) is 0. The molecule has 1 heterocycles. The maximum atomic E-state index is 13.0. The number of amides is 1. The van der Waals surface area contributed by atoms with Gasteiger partial charge in [0.15, 0.2) is 0 Å². The first kappa shape index (κ1) is 18.7. The molecule has 0 radical (unpaired) electrons. The van der Waals surface area contributed by atoms with Gasteiger partial charge in [0.05, 0.1) is 10.6 Å². The molecule has 0 saturated carbocycles. The second-order valence-corrected chi connectivity index (χ2v) is 7.59. The predicted molar refractivity (Wildman–Crippen MR) is 107 cm³/mol. The Labute approximate surface area is 160 Å². The highest BCUT2D eigenvalue weighted by Gasteiger charge is 2.35. The molecule has 0 bridgehead atoms. The van der Waals surface area contributed by atoms with Crippen molar-refractivity contribution in [3.05, 3.63) is 64.7 Å². The van der Waals surface area contributed by atoms with E-state index in [0.717, 1.165) is 6.54 Å². The number of nitrogens with two attached hydrogens (primary N) is 1. The first-order valence-electron chi connectivity index (χ1n) is 9.05. The van der Waals surface area contributed by atoms with E-state index in [0.29, 0.717) is 28.9 Å². The summed E-state index contributed by atoms with van der Waals surface area (Å²) < 4.78 is 0. The first-order chi connectivity index (χ1) is 12.4. The number of carbonyl (C=O) groups is 1. The zero-order valence-electron chi connectivity index (χ0n) is 15.5. The number of carbonyl (C=O) groups excluding carboxylic acids is 1. The number of nitrogen functional groups attached to an aromatic ring is 1. The molecule has 26 heavy (non-hydrogen) atoms. The highest BCUT2D eigenvalue weighted by molar-refractivity contribution is 6.34. The summed E-state index contributed by atoms with van der Waals surface area (Å²) in [6.07, 6.45) is 0. The normalized spacial score (nSPS) is 22.2. The average Bonchev–Trinajstić information content (AvgIpc) is 2.63. The molecule has 3 rings (SSSR count). The van der Waals surface area contributed by atoms with Crippen LogP contribution in [0.15, 0.2) is 48.5 Å². The van der Waals surface area contributed by atoms with Crippen LogP contribution in [0.2, 0.25) is 5.02 Å². The molecular weight excluding hydrogens is 346 g/mol. The van der Waals surface area contributed by atoms with Gasteiger partial charge in [0.1, 0.15) is 0 Å². The number of rotatable bonds is 3. The minimum absolute atomic E-state index is 0.0265. The van der Waals surface area contributed by atoms with E-state index in [4.69, 9.17) is 17.3 Å². The molecule has 4 nitrogen and oxygen atoms in total. The highest BCUT2D eigenvalue weighted by atomic mass is 35.5. The molecule has 1 unspecified atom stereocenters. The predicted octanol–water partition coefficient (Wildman–Crippen LogP) is 4.22. The van der Waals surface area contributed by atoms with E-state index in [1.807, 2.05) is 11.0 Å². The smallest absolute Gasteiger partial charge is 0.255 e. The van der Waals surface area contributed by atoms with E-state index in [9.17, 15) is 4.79 Å². The van der Waals surface area contributed by atoms with Crippen LogP contribution in [0.1, 0.15) is 42.7 Å². The van der Waals surface area contributed by atoms with Crippen LogP contribution in [0.25, 0.3) is 0 Å². The Kier molecular flexibility index (Phi) is 5.54. The van der Waals surface area contributed by atoms with Crippen LogP contribution in [0, 0.1) is 0 Å². The summed E-state index contributed by atoms with van der Waals surface area (Å²) in [5.41, 5.74) is 8.13. The van der Waals surface area contributed by atoms with Gasteiger partial charge in [-0.3, -0.25) is 9.69 Å². The second kappa shape index (κ2) is 7.68. The third kappa shape index (κ3) is 3.71. The molecule has 0 aromatic heterocycles. The maximum absolute atomic E-state index is 13.0. The van der Waals surface area contributed by atoms with Crippen LogP contribution in [0.3, 0.4) is 0 Å². The van der Waals surface area contributed by atoms with E-state index in [2.05, 4.69) is 49.9 Å². The SMILES string of the molecule is CC(c1ccccc1)N1C[C@@H](C)N(C(=O)c2ccc(N)cc2Cl)C[C@@H]1C. The van der Waals surface area contributed by atoms with Crippen molar-refractivity contribution in [1.29, 1.82) is 0 Å². The van der Waals surface area contributed by atoms with Gasteiger partial charge in [-0.05, 0) is 44.5 Å². The van der Waals surface area contributed by atoms with Crippen molar-refractivity contribution in [1.82, 2.24) is 9.80 Å². The number of hydrogen-bond donors (Lipinski definition) is 1. The Morgan fingerprint density at radius 2 is 1.81 bits per heavy atom. The van der Waals surface area contributed by atoms with E-state index in [-0.39, 0.29) is 18.0 Å². The second-order valence-electron chi connectivity index (χ2n) is 7.18. The number of nitrogens with zero attached hydrogens (tertiary/aromatic N) is 2. The van der Waals surface area contributed by atoms with Crippen molar-refractivity contribution in [3.63, 3.8) is 0 Å². The van der Waals surface area contributed by atoms with Crippen LogP contribution in [0.4, 0.5) is 5.69 Å². The summed E-state index contributed by atoms with van der Waals surface area (Å²) in [5, 5.41) is 0.412. The number of hydrogen-bond acceptors (Lipinski definition) is 3. The molecule has 1 aliphatic rings. The first-order valence-corrected chi connectivity index (χ1v) is 9.43. The standard InChI is InChI=1S/C21H26ClN3O/c1-14-13-25(21(26)19-10-9-18(23)11-20(19)22)15(2)12-24(14)16(3)17-7-5-4-6-8-17/h4-11,14-16H,12-13,23H2,1-3H3/t14-,15+,16?/m0/s1.